The van der Waals surface area contributed by atoms with Crippen LogP contribution in [-0.4, -0.2) is 5.78 Å². The summed E-state index contributed by atoms with van der Waals surface area (Å²) >= 11 is 0. The predicted octanol–water partition coefficient (Wildman–Crippen LogP) is 2.44. The van der Waals surface area contributed by atoms with Crippen molar-refractivity contribution >= 4 is 11.9 Å². The Morgan fingerprint density at radius 1 is 1.50 bits per heavy atom. The molecule has 0 saturated carbocycles. The maximum absolute atomic E-state index is 10.5. The van der Waals surface area contributed by atoms with E-state index in [1.807, 2.05) is 12.1 Å². The molecule has 0 aliphatic carbocycles. The van der Waals surface area contributed by atoms with Crippen LogP contribution in [0.2, 0.25) is 0 Å². The van der Waals surface area contributed by atoms with Gasteiger partial charge < -0.3 is 4.42 Å². The van der Waals surface area contributed by atoms with Crippen molar-refractivity contribution in [2.45, 2.75) is 6.92 Å². The molecule has 1 aromatic heterocycles. The van der Waals surface area contributed by atoms with Gasteiger partial charge in [0.1, 0.15) is 5.76 Å². The van der Waals surface area contributed by atoms with Crippen molar-refractivity contribution < 1.29 is 9.21 Å². The first-order chi connectivity index (χ1) is 5.79. The third-order valence-corrected chi connectivity index (χ3v) is 1.25. The highest BCUT2D eigenvalue weighted by molar-refractivity contribution is 5.87. The molecule has 1 heterocycles. The second-order valence-electron chi connectivity index (χ2n) is 2.34. The molecule has 1 rings (SSSR count). The first-order valence-electron chi connectivity index (χ1n) is 3.68. The van der Waals surface area contributed by atoms with Gasteiger partial charge in [0, 0.05) is 0 Å². The molecule has 12 heavy (non-hydrogen) atoms. The van der Waals surface area contributed by atoms with Crippen LogP contribution in [0, 0.1) is 0 Å². The molecule has 0 aliphatic rings. The monoisotopic (exact) mass is 162 g/mol. The summed E-state index contributed by atoms with van der Waals surface area (Å²) in [6, 6.07) is 3.66. The lowest BCUT2D eigenvalue weighted by atomic mass is 10.3. The van der Waals surface area contributed by atoms with Gasteiger partial charge in [0.2, 0.25) is 0 Å². The first kappa shape index (κ1) is 8.53. The lowest BCUT2D eigenvalue weighted by Gasteiger charge is -1.79. The van der Waals surface area contributed by atoms with Crippen LogP contribution in [0.4, 0.5) is 0 Å². The van der Waals surface area contributed by atoms with E-state index in [2.05, 4.69) is 0 Å². The summed E-state index contributed by atoms with van der Waals surface area (Å²) in [5.74, 6) is 0.822. The number of carbonyl (C=O) groups excluding carboxylic acids is 1. The molecule has 0 radical (unpaired) electrons. The quantitative estimate of drug-likeness (QED) is 0.504. The van der Waals surface area contributed by atoms with Gasteiger partial charge >= 0.3 is 0 Å². The minimum absolute atomic E-state index is 0.0408. The SMILES string of the molecule is CC(=O)/C=C\C=C/c1ccco1. The van der Waals surface area contributed by atoms with E-state index in [1.54, 1.807) is 24.5 Å². The predicted molar refractivity (Wildman–Crippen MR) is 47.6 cm³/mol. The van der Waals surface area contributed by atoms with E-state index in [0.29, 0.717) is 0 Å². The molecule has 0 N–H and O–H groups in total. The van der Waals surface area contributed by atoms with Crippen molar-refractivity contribution in [3.05, 3.63) is 42.4 Å². The Morgan fingerprint density at radius 3 is 2.92 bits per heavy atom. The van der Waals surface area contributed by atoms with Crippen molar-refractivity contribution in [3.63, 3.8) is 0 Å². The van der Waals surface area contributed by atoms with Crippen molar-refractivity contribution in [1.29, 1.82) is 0 Å². The van der Waals surface area contributed by atoms with Crippen molar-refractivity contribution in [3.8, 4) is 0 Å². The number of rotatable bonds is 3. The van der Waals surface area contributed by atoms with Gasteiger partial charge in [0.25, 0.3) is 0 Å². The van der Waals surface area contributed by atoms with Crippen molar-refractivity contribution in [2.24, 2.45) is 0 Å². The fourth-order valence-corrected chi connectivity index (χ4v) is 0.728. The van der Waals surface area contributed by atoms with Crippen LogP contribution in [0.15, 0.2) is 41.0 Å². The molecule has 0 unspecified atom stereocenters. The molecular weight excluding hydrogens is 152 g/mol. The molecule has 0 aliphatic heterocycles. The lowest BCUT2D eigenvalue weighted by molar-refractivity contribution is -0.112. The van der Waals surface area contributed by atoms with Crippen LogP contribution in [0.3, 0.4) is 0 Å². The van der Waals surface area contributed by atoms with Crippen LogP contribution in [-0.2, 0) is 4.79 Å². The van der Waals surface area contributed by atoms with E-state index < -0.39 is 0 Å². The maximum Gasteiger partial charge on any atom is 0.152 e. The molecule has 0 saturated heterocycles. The Bertz CT molecular complexity index is 292. The van der Waals surface area contributed by atoms with E-state index in [1.165, 1.54) is 13.0 Å². The molecule has 1 aromatic rings. The minimum atomic E-state index is 0.0408. The Morgan fingerprint density at radius 2 is 2.33 bits per heavy atom. The second-order valence-corrected chi connectivity index (χ2v) is 2.34. The van der Waals surface area contributed by atoms with Gasteiger partial charge in [0.05, 0.1) is 6.26 Å². The topological polar surface area (TPSA) is 30.2 Å². The fraction of sp³-hybridized carbons (Fsp3) is 0.100. The molecule has 0 spiro atoms. The summed E-state index contributed by atoms with van der Waals surface area (Å²) in [6.07, 6.45) is 8.35. The van der Waals surface area contributed by atoms with E-state index in [4.69, 9.17) is 4.42 Å². The van der Waals surface area contributed by atoms with Gasteiger partial charge in [-0.3, -0.25) is 4.79 Å². The van der Waals surface area contributed by atoms with Gasteiger partial charge in [-0.1, -0.05) is 12.2 Å². The van der Waals surface area contributed by atoms with Crippen molar-refractivity contribution in [2.75, 3.05) is 0 Å². The number of furan rings is 1. The zero-order chi connectivity index (χ0) is 8.81. The lowest BCUT2D eigenvalue weighted by Crippen LogP contribution is -1.77. The highest BCUT2D eigenvalue weighted by Crippen LogP contribution is 2.01. The Kier molecular flexibility index (Phi) is 3.08. The highest BCUT2D eigenvalue weighted by Gasteiger charge is 1.84. The zero-order valence-electron chi connectivity index (χ0n) is 6.86. The molecule has 62 valence electrons. The summed E-state index contributed by atoms with van der Waals surface area (Å²) in [5, 5.41) is 0. The van der Waals surface area contributed by atoms with Crippen molar-refractivity contribution in [1.82, 2.24) is 0 Å². The maximum atomic E-state index is 10.5. The zero-order valence-corrected chi connectivity index (χ0v) is 6.86. The smallest absolute Gasteiger partial charge is 0.152 e. The van der Waals surface area contributed by atoms with Crippen LogP contribution in [0.25, 0.3) is 6.08 Å². The number of hydrogen-bond donors (Lipinski definition) is 0. The summed E-state index contributed by atoms with van der Waals surface area (Å²) in [5.41, 5.74) is 0. The average Bonchev–Trinajstić information content (AvgIpc) is 2.49. The van der Waals surface area contributed by atoms with E-state index in [-0.39, 0.29) is 5.78 Å². The number of hydrogen-bond acceptors (Lipinski definition) is 2. The number of allylic oxidation sites excluding steroid dienone is 3. The van der Waals surface area contributed by atoms with Gasteiger partial charge in [-0.2, -0.15) is 0 Å². The third kappa shape index (κ3) is 3.01. The molecule has 0 aromatic carbocycles. The normalized spacial score (nSPS) is 11.4. The van der Waals surface area contributed by atoms with E-state index in [9.17, 15) is 4.79 Å². The summed E-state index contributed by atoms with van der Waals surface area (Å²) in [7, 11) is 0. The van der Waals surface area contributed by atoms with Gasteiger partial charge in [-0.25, -0.2) is 0 Å². The summed E-state index contributed by atoms with van der Waals surface area (Å²) in [4.78, 5) is 10.5. The summed E-state index contributed by atoms with van der Waals surface area (Å²) in [6.45, 7) is 1.51. The van der Waals surface area contributed by atoms with Gasteiger partial charge in [-0.05, 0) is 31.2 Å². The second kappa shape index (κ2) is 4.34. The molecule has 0 fully saturated rings. The Balaban J connectivity index is 2.47. The van der Waals surface area contributed by atoms with Crippen LogP contribution in [0.1, 0.15) is 12.7 Å². The minimum Gasteiger partial charge on any atom is -0.465 e. The van der Waals surface area contributed by atoms with Crippen LogP contribution in [0.5, 0.6) is 0 Å². The molecule has 0 bridgehead atoms. The summed E-state index contributed by atoms with van der Waals surface area (Å²) < 4.78 is 5.03. The Labute approximate surface area is 71.2 Å². The number of ketones is 1. The molecule has 2 nitrogen and oxygen atoms in total. The standard InChI is InChI=1S/C10H10O2/c1-9(11)5-2-3-6-10-7-4-8-12-10/h2-8H,1H3/b5-2-,6-3-. The Hall–Kier alpha value is -1.57. The van der Waals surface area contributed by atoms with E-state index in [0.717, 1.165) is 5.76 Å². The average molecular weight is 162 g/mol. The van der Waals surface area contributed by atoms with Crippen LogP contribution < -0.4 is 0 Å². The fourth-order valence-electron chi connectivity index (χ4n) is 0.728. The largest absolute Gasteiger partial charge is 0.465 e. The van der Waals surface area contributed by atoms with Crippen LogP contribution >= 0.6 is 0 Å². The number of carbonyl (C=O) groups is 1. The molecule has 2 heteroatoms. The third-order valence-electron chi connectivity index (χ3n) is 1.25. The first-order valence-corrected chi connectivity index (χ1v) is 3.68. The van der Waals surface area contributed by atoms with Gasteiger partial charge in [0.15, 0.2) is 5.78 Å². The molecular formula is C10H10O2. The highest BCUT2D eigenvalue weighted by atomic mass is 16.3. The molecule has 0 atom stereocenters. The van der Waals surface area contributed by atoms with E-state index >= 15 is 0 Å². The van der Waals surface area contributed by atoms with Gasteiger partial charge in [-0.15, -0.1) is 0 Å². The molecule has 0 amide bonds.